The molecule has 0 saturated carbocycles. The lowest BCUT2D eigenvalue weighted by atomic mass is 10.2. The summed E-state index contributed by atoms with van der Waals surface area (Å²) in [4.78, 5) is 40.7. The van der Waals surface area contributed by atoms with Gasteiger partial charge in [-0.2, -0.15) is 0 Å². The number of nitrogens with zero attached hydrogens (tertiary/aromatic N) is 1. The molecule has 0 radical (unpaired) electrons. The lowest BCUT2D eigenvalue weighted by molar-refractivity contribution is -0.137. The Morgan fingerprint density at radius 2 is 1.67 bits per heavy atom. The Morgan fingerprint density at radius 1 is 0.939 bits per heavy atom. The maximum atomic E-state index is 13.1. The number of amides is 3. The van der Waals surface area contributed by atoms with Crippen molar-refractivity contribution in [3.05, 3.63) is 89.4 Å². The third kappa shape index (κ3) is 5.18. The molecule has 3 aromatic rings. The van der Waals surface area contributed by atoms with Crippen LogP contribution in [-0.4, -0.2) is 29.2 Å². The van der Waals surface area contributed by atoms with E-state index in [9.17, 15) is 14.4 Å². The number of para-hydroxylation sites is 1. The van der Waals surface area contributed by atoms with Crippen molar-refractivity contribution in [2.24, 2.45) is 5.92 Å². The van der Waals surface area contributed by atoms with Gasteiger partial charge < -0.3 is 15.1 Å². The van der Waals surface area contributed by atoms with E-state index in [4.69, 9.17) is 4.42 Å². The second-order valence-electron chi connectivity index (χ2n) is 7.87. The van der Waals surface area contributed by atoms with E-state index < -0.39 is 0 Å². The van der Waals surface area contributed by atoms with Gasteiger partial charge in [0.2, 0.25) is 0 Å². The minimum atomic E-state index is -0.349. The monoisotopic (exact) mass is 461 g/mol. The van der Waals surface area contributed by atoms with Crippen LogP contribution >= 0.6 is 11.8 Å². The van der Waals surface area contributed by atoms with E-state index >= 15 is 0 Å². The number of rotatable bonds is 8. The summed E-state index contributed by atoms with van der Waals surface area (Å²) in [5.74, 6) is -0.624. The first kappa shape index (κ1) is 22.4. The van der Waals surface area contributed by atoms with Gasteiger partial charge in [-0.3, -0.25) is 19.3 Å². The Morgan fingerprint density at radius 3 is 2.30 bits per heavy atom. The molecule has 0 bridgehead atoms. The number of furan rings is 1. The lowest BCUT2D eigenvalue weighted by Crippen LogP contribution is -2.35. The summed E-state index contributed by atoms with van der Waals surface area (Å²) < 4.78 is 5.10. The average molecular weight is 462 g/mol. The smallest absolute Gasteiger partial charge is 0.291 e. The van der Waals surface area contributed by atoms with E-state index in [2.05, 4.69) is 10.6 Å². The average Bonchev–Trinajstić information content (AvgIpc) is 3.41. The molecule has 0 saturated heterocycles. The van der Waals surface area contributed by atoms with Crippen LogP contribution in [0.2, 0.25) is 0 Å². The van der Waals surface area contributed by atoms with Gasteiger partial charge in [0.15, 0.2) is 5.76 Å². The Balaban J connectivity index is 1.55. The molecule has 1 aromatic heterocycles. The van der Waals surface area contributed by atoms with E-state index in [1.807, 2.05) is 44.2 Å². The summed E-state index contributed by atoms with van der Waals surface area (Å²) in [7, 11) is 0. The predicted molar refractivity (Wildman–Crippen MR) is 128 cm³/mol. The van der Waals surface area contributed by atoms with Gasteiger partial charge in [-0.15, -0.1) is 0 Å². The topological polar surface area (TPSA) is 91.7 Å². The van der Waals surface area contributed by atoms with Crippen LogP contribution in [0.15, 0.2) is 92.9 Å². The van der Waals surface area contributed by atoms with Crippen LogP contribution in [-0.2, 0) is 9.59 Å². The molecule has 168 valence electrons. The Bertz CT molecular complexity index is 1190. The van der Waals surface area contributed by atoms with Gasteiger partial charge >= 0.3 is 0 Å². The maximum absolute atomic E-state index is 13.1. The Labute approximate surface area is 195 Å². The zero-order chi connectivity index (χ0) is 23.4. The fourth-order valence-electron chi connectivity index (χ4n) is 3.28. The molecular formula is C25H23N3O4S. The highest BCUT2D eigenvalue weighted by Crippen LogP contribution is 2.36. The summed E-state index contributed by atoms with van der Waals surface area (Å²) in [6.45, 7) is 4.27. The SMILES string of the molecule is CC(C)CN1C(=O)C(Nc2ccccc2)=C(Sc2ccc(NC(=O)c3ccco3)cc2)C1=O. The van der Waals surface area contributed by atoms with Gasteiger partial charge in [0, 0.05) is 22.8 Å². The van der Waals surface area contributed by atoms with E-state index in [-0.39, 0.29) is 35.1 Å². The number of hydrogen-bond acceptors (Lipinski definition) is 6. The first-order chi connectivity index (χ1) is 15.9. The molecule has 7 nitrogen and oxygen atoms in total. The number of carbonyl (C=O) groups is 3. The third-order valence-corrected chi connectivity index (χ3v) is 5.88. The summed E-state index contributed by atoms with van der Waals surface area (Å²) in [6, 6.07) is 19.6. The normalized spacial score (nSPS) is 13.7. The van der Waals surface area contributed by atoms with Gasteiger partial charge in [0.05, 0.1) is 6.26 Å². The molecule has 33 heavy (non-hydrogen) atoms. The van der Waals surface area contributed by atoms with Crippen LogP contribution in [0, 0.1) is 5.92 Å². The predicted octanol–water partition coefficient (Wildman–Crippen LogP) is 4.97. The van der Waals surface area contributed by atoms with Crippen LogP contribution < -0.4 is 10.6 Å². The molecule has 1 aliphatic heterocycles. The molecule has 3 amide bonds. The third-order valence-electron chi connectivity index (χ3n) is 4.79. The number of carbonyl (C=O) groups excluding carboxylic acids is 3. The fourth-order valence-corrected chi connectivity index (χ4v) is 4.23. The van der Waals surface area contributed by atoms with Crippen molar-refractivity contribution < 1.29 is 18.8 Å². The molecule has 0 spiro atoms. The molecule has 0 atom stereocenters. The lowest BCUT2D eigenvalue weighted by Gasteiger charge is -2.17. The number of thioether (sulfide) groups is 1. The molecule has 0 fully saturated rings. The Kier molecular flexibility index (Phi) is 6.65. The van der Waals surface area contributed by atoms with Gasteiger partial charge in [-0.1, -0.05) is 43.8 Å². The largest absolute Gasteiger partial charge is 0.459 e. The zero-order valence-corrected chi connectivity index (χ0v) is 19.0. The molecule has 8 heteroatoms. The summed E-state index contributed by atoms with van der Waals surface area (Å²) in [5.41, 5.74) is 1.59. The van der Waals surface area contributed by atoms with E-state index in [1.165, 1.54) is 22.9 Å². The number of imide groups is 1. The quantitative estimate of drug-likeness (QED) is 0.460. The van der Waals surface area contributed by atoms with E-state index in [1.54, 1.807) is 36.4 Å². The van der Waals surface area contributed by atoms with Crippen LogP contribution in [0.3, 0.4) is 0 Å². The summed E-state index contributed by atoms with van der Waals surface area (Å²) in [6.07, 6.45) is 1.44. The van der Waals surface area contributed by atoms with Crippen molar-refractivity contribution in [1.29, 1.82) is 0 Å². The zero-order valence-electron chi connectivity index (χ0n) is 18.2. The maximum Gasteiger partial charge on any atom is 0.291 e. The summed E-state index contributed by atoms with van der Waals surface area (Å²) in [5, 5.41) is 5.88. The highest BCUT2D eigenvalue weighted by molar-refractivity contribution is 8.04. The standard InChI is InChI=1S/C25H23N3O4S/c1-16(2)15-28-24(30)21(26-17-7-4-3-5-8-17)22(25(28)31)33-19-12-10-18(11-13-19)27-23(29)20-9-6-14-32-20/h3-14,16,26H,15H2,1-2H3,(H,27,29). The van der Waals surface area contributed by atoms with Crippen molar-refractivity contribution in [3.63, 3.8) is 0 Å². The molecule has 0 unspecified atom stereocenters. The molecule has 0 aliphatic carbocycles. The number of anilines is 2. The molecule has 1 aliphatic rings. The van der Waals surface area contributed by atoms with Crippen LogP contribution in [0.25, 0.3) is 0 Å². The molecule has 4 rings (SSSR count). The van der Waals surface area contributed by atoms with Gasteiger partial charge in [-0.05, 0) is 54.4 Å². The summed E-state index contributed by atoms with van der Waals surface area (Å²) >= 11 is 1.22. The first-order valence-electron chi connectivity index (χ1n) is 10.5. The van der Waals surface area contributed by atoms with Crippen LogP contribution in [0.4, 0.5) is 11.4 Å². The number of hydrogen-bond donors (Lipinski definition) is 2. The van der Waals surface area contributed by atoms with Crippen molar-refractivity contribution in [2.75, 3.05) is 17.2 Å². The second-order valence-corrected chi connectivity index (χ2v) is 8.95. The highest BCUT2D eigenvalue weighted by atomic mass is 32.2. The van der Waals surface area contributed by atoms with Crippen molar-refractivity contribution in [3.8, 4) is 0 Å². The molecule has 2 N–H and O–H groups in total. The second kappa shape index (κ2) is 9.79. The highest BCUT2D eigenvalue weighted by Gasteiger charge is 2.39. The van der Waals surface area contributed by atoms with E-state index in [0.29, 0.717) is 17.1 Å². The van der Waals surface area contributed by atoms with Crippen LogP contribution in [0.5, 0.6) is 0 Å². The van der Waals surface area contributed by atoms with Gasteiger partial charge in [0.25, 0.3) is 17.7 Å². The van der Waals surface area contributed by atoms with Crippen molar-refractivity contribution in [2.45, 2.75) is 18.7 Å². The minimum Gasteiger partial charge on any atom is -0.459 e. The van der Waals surface area contributed by atoms with Gasteiger partial charge in [-0.25, -0.2) is 0 Å². The molecule has 2 heterocycles. The van der Waals surface area contributed by atoms with Gasteiger partial charge in [0.1, 0.15) is 10.6 Å². The van der Waals surface area contributed by atoms with Crippen LogP contribution in [0.1, 0.15) is 24.4 Å². The molecule has 2 aromatic carbocycles. The van der Waals surface area contributed by atoms with Crippen molar-refractivity contribution in [1.82, 2.24) is 4.90 Å². The van der Waals surface area contributed by atoms with Crippen molar-refractivity contribution >= 4 is 40.9 Å². The Hall–Kier alpha value is -3.78. The number of nitrogens with one attached hydrogen (secondary N) is 2. The molecular weight excluding hydrogens is 438 g/mol. The first-order valence-corrected chi connectivity index (χ1v) is 11.3. The fraction of sp³-hybridized carbons (Fsp3) is 0.160. The van der Waals surface area contributed by atoms with E-state index in [0.717, 1.165) is 10.6 Å². The minimum absolute atomic E-state index is 0.150. The number of benzene rings is 2.